The predicted octanol–water partition coefficient (Wildman–Crippen LogP) is -0.303. The molecule has 0 spiro atoms. The molecule has 19 heteroatoms. The van der Waals surface area contributed by atoms with E-state index in [4.69, 9.17) is 18.4 Å². The second-order valence-corrected chi connectivity index (χ2v) is 11.0. The van der Waals surface area contributed by atoms with Gasteiger partial charge >= 0.3 is 24.0 Å². The van der Waals surface area contributed by atoms with E-state index in [-0.39, 0.29) is 13.0 Å². The van der Waals surface area contributed by atoms with Crippen molar-refractivity contribution in [2.45, 2.75) is 82.0 Å². The van der Waals surface area contributed by atoms with E-state index in [1.54, 1.807) is 37.3 Å². The van der Waals surface area contributed by atoms with Crippen molar-refractivity contribution in [3.63, 3.8) is 0 Å². The van der Waals surface area contributed by atoms with Crippen LogP contribution in [0.2, 0.25) is 5.82 Å². The number of carbonyl (C=O) groups excluding carboxylic acids is 8. The summed E-state index contributed by atoms with van der Waals surface area (Å²) < 4.78 is 32.1. The highest BCUT2D eigenvalue weighted by molar-refractivity contribution is 6.11. The number of benzene rings is 1. The monoisotopic (exact) mass is 707 g/mol. The number of halogens is 1. The largest absolute Gasteiger partial charge is 0.469 e. The molecule has 5 atom stereocenters. The molecule has 1 aromatic rings. The topological polar surface area (TPSA) is 239 Å². The van der Waals surface area contributed by atoms with Gasteiger partial charge in [-0.05, 0) is 24.8 Å². The van der Waals surface area contributed by atoms with Gasteiger partial charge < -0.3 is 34.9 Å². The zero-order chi connectivity index (χ0) is 37.8. The van der Waals surface area contributed by atoms with Crippen LogP contribution in [0.4, 0.5) is 9.18 Å². The summed E-state index contributed by atoms with van der Waals surface area (Å²) >= 11 is 0. The first kappa shape index (κ1) is 43.0. The quantitative estimate of drug-likeness (QED) is 0.0321. The zero-order valence-electron chi connectivity index (χ0n) is 28.3. The van der Waals surface area contributed by atoms with Crippen molar-refractivity contribution >= 4 is 55.4 Å². The molecule has 4 amide bonds. The van der Waals surface area contributed by atoms with Crippen LogP contribution in [0, 0.1) is 0 Å². The molecule has 0 saturated carbocycles. The molecule has 1 unspecified atom stereocenters. The number of nitrogens with one attached hydrogen (secondary N) is 3. The Labute approximate surface area is 289 Å². The summed E-state index contributed by atoms with van der Waals surface area (Å²) in [5.41, 5.74) is 0.661. The Kier molecular flexibility index (Phi) is 19.4. The molecule has 2 radical (unpaired) electrons. The number of methoxy groups -OCH3 is 3. The molecule has 50 heavy (non-hydrogen) atoms. The first-order valence-corrected chi connectivity index (χ1v) is 15.4. The SMILES string of the molecule is [B]C(C)C[C@H](NC(=O)OCc1ccccc1)C(=O)N(N)[C@@H](CCC(=O)OC)C(=O)N[C@@H](CCC(=O)OC)C(=O)N[C@@H](CC(=O)OC)C(=O)CF. The van der Waals surface area contributed by atoms with Crippen LogP contribution in [0.5, 0.6) is 0 Å². The number of ketones is 1. The van der Waals surface area contributed by atoms with Crippen LogP contribution in [0.25, 0.3) is 0 Å². The number of hydrogen-bond donors (Lipinski definition) is 4. The number of hydrogen-bond acceptors (Lipinski definition) is 13. The molecule has 1 rings (SSSR count). The first-order chi connectivity index (χ1) is 23.7. The van der Waals surface area contributed by atoms with E-state index < -0.39 is 116 Å². The summed E-state index contributed by atoms with van der Waals surface area (Å²) in [6, 6.07) is 2.23. The number of alkyl carbamates (subject to hydrolysis) is 1. The highest BCUT2D eigenvalue weighted by Gasteiger charge is 2.36. The van der Waals surface area contributed by atoms with Gasteiger partial charge in [0.25, 0.3) is 5.91 Å². The van der Waals surface area contributed by atoms with Crippen LogP contribution in [-0.4, -0.2) is 113 Å². The van der Waals surface area contributed by atoms with Crippen molar-refractivity contribution < 1.29 is 61.7 Å². The smallest absolute Gasteiger partial charge is 0.408 e. The third-order valence-corrected chi connectivity index (χ3v) is 7.09. The van der Waals surface area contributed by atoms with Crippen LogP contribution in [0.1, 0.15) is 51.0 Å². The van der Waals surface area contributed by atoms with Gasteiger partial charge in [0.05, 0.1) is 35.6 Å². The Morgan fingerprint density at radius 3 is 1.90 bits per heavy atom. The number of nitrogens with zero attached hydrogens (tertiary/aromatic N) is 1. The Bertz CT molecular complexity index is 1340. The molecule has 5 N–H and O–H groups in total. The van der Waals surface area contributed by atoms with Crippen LogP contribution in [0.3, 0.4) is 0 Å². The molecule has 0 fully saturated rings. The molecule has 0 aliphatic carbocycles. The van der Waals surface area contributed by atoms with Crippen molar-refractivity contribution in [1.29, 1.82) is 0 Å². The number of esters is 3. The summed E-state index contributed by atoms with van der Waals surface area (Å²) in [5, 5.41) is 7.30. The number of rotatable bonds is 21. The van der Waals surface area contributed by atoms with Gasteiger partial charge in [0.2, 0.25) is 11.8 Å². The van der Waals surface area contributed by atoms with Crippen LogP contribution in [0.15, 0.2) is 30.3 Å². The van der Waals surface area contributed by atoms with Crippen molar-refractivity contribution in [2.24, 2.45) is 5.84 Å². The number of hydrazine groups is 1. The fraction of sp³-hybridized carbons (Fsp3) is 0.548. The average molecular weight is 708 g/mol. The number of ether oxygens (including phenoxy) is 4. The van der Waals surface area contributed by atoms with E-state index in [9.17, 15) is 42.7 Å². The second-order valence-electron chi connectivity index (χ2n) is 11.0. The number of alkyl halides is 1. The van der Waals surface area contributed by atoms with E-state index in [0.29, 0.717) is 10.6 Å². The minimum atomic E-state index is -1.69. The standard InChI is InChI=1S/C31H43BFN5O12/c1-18(32)14-22(37-31(46)50-17-19-8-6-5-7-9-19)30(45)38(34)23(11-13-26(41)48-3)29(44)35-20(10-12-25(40)47-2)28(43)36-21(24(39)16-33)15-27(42)49-4/h5-9,18,20-23H,10-17,34H2,1-4H3,(H,35,44)(H,36,43)(H,37,46)/t18?,20-,21-,22-,23-/m0/s1. The summed E-state index contributed by atoms with van der Waals surface area (Å²) in [7, 11) is 9.07. The molecule has 0 heterocycles. The molecule has 274 valence electrons. The predicted molar refractivity (Wildman–Crippen MR) is 172 cm³/mol. The first-order valence-electron chi connectivity index (χ1n) is 15.4. The van der Waals surface area contributed by atoms with Gasteiger partial charge in [-0.3, -0.25) is 38.6 Å². The number of Topliss-reactive ketones (excluding diaryl/α,β-unsaturated/α-hetero) is 1. The molecule has 0 aliphatic heterocycles. The number of carbonyl (C=O) groups is 8. The van der Waals surface area contributed by atoms with Gasteiger partial charge in [-0.15, -0.1) is 0 Å². The third-order valence-electron chi connectivity index (χ3n) is 7.09. The average Bonchev–Trinajstić information content (AvgIpc) is 3.10. The minimum Gasteiger partial charge on any atom is -0.469 e. The second kappa shape index (κ2) is 22.5. The van der Waals surface area contributed by atoms with E-state index in [1.165, 1.54) is 0 Å². The molecule has 0 aromatic heterocycles. The van der Waals surface area contributed by atoms with E-state index in [2.05, 4.69) is 30.2 Å². The maximum atomic E-state index is 13.7. The highest BCUT2D eigenvalue weighted by atomic mass is 19.1. The van der Waals surface area contributed by atoms with Crippen LogP contribution >= 0.6 is 0 Å². The van der Waals surface area contributed by atoms with E-state index >= 15 is 0 Å². The highest BCUT2D eigenvalue weighted by Crippen LogP contribution is 2.15. The lowest BCUT2D eigenvalue weighted by atomic mass is 9.83. The van der Waals surface area contributed by atoms with Gasteiger partial charge in [-0.25, -0.2) is 15.0 Å². The number of nitrogens with two attached hydrogens (primary N) is 1. The molecule has 0 bridgehead atoms. The van der Waals surface area contributed by atoms with Crippen molar-refractivity contribution in [3.05, 3.63) is 35.9 Å². The maximum absolute atomic E-state index is 13.7. The summed E-state index contributed by atoms with van der Waals surface area (Å²) in [6.07, 6.45) is -3.64. The Morgan fingerprint density at radius 2 is 1.36 bits per heavy atom. The van der Waals surface area contributed by atoms with E-state index in [0.717, 1.165) is 21.3 Å². The lowest BCUT2D eigenvalue weighted by Crippen LogP contribution is -2.61. The molecular formula is C31H43BFN5O12. The summed E-state index contributed by atoms with van der Waals surface area (Å²) in [5.74, 6) is -1.47. The summed E-state index contributed by atoms with van der Waals surface area (Å²) in [6.45, 7) is -0.128. The minimum absolute atomic E-state index is 0.130. The van der Waals surface area contributed by atoms with Crippen LogP contribution in [-0.2, 0) is 59.1 Å². The van der Waals surface area contributed by atoms with Gasteiger partial charge in [-0.1, -0.05) is 43.1 Å². The Hall–Kier alpha value is -5.07. The maximum Gasteiger partial charge on any atom is 0.408 e. The molecule has 0 saturated heterocycles. The third kappa shape index (κ3) is 15.4. The van der Waals surface area contributed by atoms with Crippen LogP contribution < -0.4 is 21.8 Å². The van der Waals surface area contributed by atoms with Crippen molar-refractivity contribution in [3.8, 4) is 0 Å². The van der Waals surface area contributed by atoms with Gasteiger partial charge in [0.15, 0.2) is 5.78 Å². The Morgan fingerprint density at radius 1 is 0.800 bits per heavy atom. The van der Waals surface area contributed by atoms with E-state index in [1.807, 2.05) is 0 Å². The number of amides is 4. The molecular weight excluding hydrogens is 664 g/mol. The molecule has 17 nitrogen and oxygen atoms in total. The van der Waals surface area contributed by atoms with Crippen molar-refractivity contribution in [2.75, 3.05) is 28.0 Å². The van der Waals surface area contributed by atoms with Crippen molar-refractivity contribution in [1.82, 2.24) is 21.0 Å². The van der Waals surface area contributed by atoms with Gasteiger partial charge in [-0.2, -0.15) is 0 Å². The lowest BCUT2D eigenvalue weighted by molar-refractivity contribution is -0.147. The lowest BCUT2D eigenvalue weighted by Gasteiger charge is -2.31. The van der Waals surface area contributed by atoms with Gasteiger partial charge in [0.1, 0.15) is 37.4 Å². The van der Waals surface area contributed by atoms with Gasteiger partial charge in [0, 0.05) is 12.8 Å². The molecule has 1 aromatic carbocycles. The summed E-state index contributed by atoms with van der Waals surface area (Å²) in [4.78, 5) is 101. The molecule has 0 aliphatic rings. The fourth-order valence-corrected chi connectivity index (χ4v) is 4.35. The Balaban J connectivity index is 3.33. The zero-order valence-corrected chi connectivity index (χ0v) is 28.3. The fourth-order valence-electron chi connectivity index (χ4n) is 4.35. The normalized spacial score (nSPS) is 13.6.